The summed E-state index contributed by atoms with van der Waals surface area (Å²) in [6.07, 6.45) is 0. The minimum atomic E-state index is 0.157. The van der Waals surface area contributed by atoms with Crippen molar-refractivity contribution in [2.24, 2.45) is 0 Å². The molecule has 122 valence electrons. The van der Waals surface area contributed by atoms with Crippen molar-refractivity contribution in [1.82, 2.24) is 0 Å². The number of benzene rings is 3. The van der Waals surface area contributed by atoms with Crippen molar-refractivity contribution >= 4 is 5.69 Å². The largest absolute Gasteiger partial charge is 0.398 e. The van der Waals surface area contributed by atoms with Gasteiger partial charge >= 0.3 is 0 Å². The van der Waals surface area contributed by atoms with Gasteiger partial charge in [-0.2, -0.15) is 0 Å². The maximum Gasteiger partial charge on any atom is 0.0386 e. The van der Waals surface area contributed by atoms with Crippen LogP contribution in [-0.4, -0.2) is 0 Å². The Kier molecular flexibility index (Phi) is 4.44. The van der Waals surface area contributed by atoms with Crippen molar-refractivity contribution in [3.63, 3.8) is 0 Å². The fourth-order valence-electron chi connectivity index (χ4n) is 3.32. The van der Waals surface area contributed by atoms with E-state index in [-0.39, 0.29) is 5.92 Å². The number of hydrogen-bond donors (Lipinski definition) is 1. The second-order valence-electron chi connectivity index (χ2n) is 6.84. The van der Waals surface area contributed by atoms with Crippen molar-refractivity contribution in [3.05, 3.63) is 99.6 Å². The van der Waals surface area contributed by atoms with Gasteiger partial charge in [0.15, 0.2) is 0 Å². The van der Waals surface area contributed by atoms with Crippen molar-refractivity contribution in [3.8, 4) is 0 Å². The fraction of sp³-hybridized carbons (Fsp3) is 0.217. The van der Waals surface area contributed by atoms with Crippen LogP contribution in [0.15, 0.2) is 60.7 Å². The molecule has 0 spiro atoms. The lowest BCUT2D eigenvalue weighted by Gasteiger charge is -2.22. The molecule has 3 aromatic carbocycles. The van der Waals surface area contributed by atoms with Gasteiger partial charge in [0.05, 0.1) is 0 Å². The Balaban J connectivity index is 2.22. The van der Waals surface area contributed by atoms with E-state index in [0.717, 1.165) is 11.3 Å². The molecule has 0 saturated carbocycles. The van der Waals surface area contributed by atoms with E-state index < -0.39 is 0 Å². The number of nitrogen functional groups attached to an aromatic ring is 1. The van der Waals surface area contributed by atoms with Gasteiger partial charge in [0.2, 0.25) is 0 Å². The minimum absolute atomic E-state index is 0.157. The van der Waals surface area contributed by atoms with Crippen LogP contribution in [-0.2, 0) is 0 Å². The summed E-state index contributed by atoms with van der Waals surface area (Å²) in [5.74, 6) is 0.157. The Morgan fingerprint density at radius 2 is 1.08 bits per heavy atom. The van der Waals surface area contributed by atoms with Crippen molar-refractivity contribution in [2.45, 2.75) is 33.6 Å². The van der Waals surface area contributed by atoms with Crippen LogP contribution in [0.1, 0.15) is 44.9 Å². The molecule has 0 heterocycles. The van der Waals surface area contributed by atoms with Gasteiger partial charge in [-0.05, 0) is 49.9 Å². The zero-order valence-corrected chi connectivity index (χ0v) is 14.9. The molecule has 0 atom stereocenters. The van der Waals surface area contributed by atoms with Crippen LogP contribution >= 0.6 is 0 Å². The maximum atomic E-state index is 6.49. The van der Waals surface area contributed by atoms with E-state index in [0.29, 0.717) is 0 Å². The summed E-state index contributed by atoms with van der Waals surface area (Å²) in [5.41, 5.74) is 16.1. The summed E-state index contributed by atoms with van der Waals surface area (Å²) < 4.78 is 0. The van der Waals surface area contributed by atoms with Crippen molar-refractivity contribution < 1.29 is 0 Å². The first-order valence-electron chi connectivity index (χ1n) is 8.45. The van der Waals surface area contributed by atoms with Gasteiger partial charge in [0, 0.05) is 11.6 Å². The summed E-state index contributed by atoms with van der Waals surface area (Å²) >= 11 is 0. The monoisotopic (exact) mass is 315 g/mol. The number of anilines is 1. The zero-order valence-electron chi connectivity index (χ0n) is 14.9. The van der Waals surface area contributed by atoms with Crippen molar-refractivity contribution in [2.75, 3.05) is 5.73 Å². The van der Waals surface area contributed by atoms with Crippen LogP contribution in [0.5, 0.6) is 0 Å². The molecule has 3 rings (SSSR count). The third-order valence-electron chi connectivity index (χ3n) is 4.70. The Morgan fingerprint density at radius 1 is 0.625 bits per heavy atom. The second kappa shape index (κ2) is 6.52. The Bertz CT molecular complexity index is 797. The maximum absolute atomic E-state index is 6.49. The minimum Gasteiger partial charge on any atom is -0.398 e. The molecule has 1 nitrogen and oxygen atoms in total. The molecule has 0 saturated heterocycles. The van der Waals surface area contributed by atoms with Crippen LogP contribution in [0.25, 0.3) is 0 Å². The summed E-state index contributed by atoms with van der Waals surface area (Å²) in [7, 11) is 0. The lowest BCUT2D eigenvalue weighted by Crippen LogP contribution is -2.08. The third-order valence-corrected chi connectivity index (χ3v) is 4.70. The highest BCUT2D eigenvalue weighted by Gasteiger charge is 2.20. The molecule has 0 radical (unpaired) electrons. The highest BCUT2D eigenvalue weighted by Crippen LogP contribution is 2.37. The molecule has 0 unspecified atom stereocenters. The zero-order chi connectivity index (χ0) is 17.3. The summed E-state index contributed by atoms with van der Waals surface area (Å²) in [5, 5.41) is 0. The standard InChI is InChI=1S/C23H25N/c1-15-5-9-19(10-6-15)22(20-11-7-16(2)8-12-20)21-14-17(3)13-18(4)23(21)24/h5-14,22H,24H2,1-4H3. The lowest BCUT2D eigenvalue weighted by atomic mass is 9.82. The molecule has 0 aliphatic heterocycles. The highest BCUT2D eigenvalue weighted by atomic mass is 14.6. The first kappa shape index (κ1) is 16.3. The molecule has 0 aliphatic rings. The normalized spacial score (nSPS) is 11.0. The molecule has 3 aromatic rings. The summed E-state index contributed by atoms with van der Waals surface area (Å²) in [4.78, 5) is 0. The van der Waals surface area contributed by atoms with Crippen LogP contribution in [0.2, 0.25) is 0 Å². The van der Waals surface area contributed by atoms with Gasteiger partial charge in [-0.15, -0.1) is 0 Å². The van der Waals surface area contributed by atoms with Crippen LogP contribution < -0.4 is 5.73 Å². The van der Waals surface area contributed by atoms with Crippen LogP contribution in [0.3, 0.4) is 0 Å². The third kappa shape index (κ3) is 3.21. The highest BCUT2D eigenvalue weighted by molar-refractivity contribution is 5.61. The number of rotatable bonds is 3. The molecule has 0 fully saturated rings. The van der Waals surface area contributed by atoms with Gasteiger partial charge in [-0.1, -0.05) is 77.4 Å². The first-order chi connectivity index (χ1) is 11.5. The molecule has 0 amide bonds. The van der Waals surface area contributed by atoms with Crippen molar-refractivity contribution in [1.29, 1.82) is 0 Å². The molecular formula is C23H25N. The lowest BCUT2D eigenvalue weighted by molar-refractivity contribution is 0.972. The molecular weight excluding hydrogens is 290 g/mol. The Morgan fingerprint density at radius 3 is 1.54 bits per heavy atom. The first-order valence-corrected chi connectivity index (χ1v) is 8.45. The predicted octanol–water partition coefficient (Wildman–Crippen LogP) is 5.68. The van der Waals surface area contributed by atoms with E-state index in [1.165, 1.54) is 33.4 Å². The van der Waals surface area contributed by atoms with E-state index >= 15 is 0 Å². The van der Waals surface area contributed by atoms with Gasteiger partial charge in [0.25, 0.3) is 0 Å². The average molecular weight is 315 g/mol. The van der Waals surface area contributed by atoms with E-state index in [4.69, 9.17) is 5.73 Å². The molecule has 2 N–H and O–H groups in total. The summed E-state index contributed by atoms with van der Waals surface area (Å²) in [6, 6.07) is 22.0. The van der Waals surface area contributed by atoms with Gasteiger partial charge in [-0.3, -0.25) is 0 Å². The SMILES string of the molecule is Cc1ccc(C(c2ccc(C)cc2)c2cc(C)cc(C)c2N)cc1. The van der Waals surface area contributed by atoms with Gasteiger partial charge < -0.3 is 5.73 Å². The van der Waals surface area contributed by atoms with Crippen LogP contribution in [0.4, 0.5) is 5.69 Å². The number of nitrogens with two attached hydrogens (primary N) is 1. The Hall–Kier alpha value is -2.54. The van der Waals surface area contributed by atoms with E-state index in [1.54, 1.807) is 0 Å². The fourth-order valence-corrected chi connectivity index (χ4v) is 3.32. The van der Waals surface area contributed by atoms with Gasteiger partial charge in [0.1, 0.15) is 0 Å². The van der Waals surface area contributed by atoms with Crippen LogP contribution in [0, 0.1) is 27.7 Å². The number of hydrogen-bond acceptors (Lipinski definition) is 1. The van der Waals surface area contributed by atoms with E-state index in [2.05, 4.69) is 88.4 Å². The predicted molar refractivity (Wildman–Crippen MR) is 104 cm³/mol. The van der Waals surface area contributed by atoms with E-state index in [9.17, 15) is 0 Å². The Labute approximate surface area is 145 Å². The molecule has 24 heavy (non-hydrogen) atoms. The smallest absolute Gasteiger partial charge is 0.0386 e. The van der Waals surface area contributed by atoms with E-state index in [1.807, 2.05) is 0 Å². The second-order valence-corrected chi connectivity index (χ2v) is 6.84. The average Bonchev–Trinajstić information content (AvgIpc) is 2.55. The topological polar surface area (TPSA) is 26.0 Å². The summed E-state index contributed by atoms with van der Waals surface area (Å²) in [6.45, 7) is 8.47. The molecule has 0 aliphatic carbocycles. The van der Waals surface area contributed by atoms with Gasteiger partial charge in [-0.25, -0.2) is 0 Å². The molecule has 0 aromatic heterocycles. The quantitative estimate of drug-likeness (QED) is 0.488. The molecule has 1 heteroatoms. The number of aryl methyl sites for hydroxylation is 4. The molecule has 0 bridgehead atoms.